The van der Waals surface area contributed by atoms with Crippen LogP contribution in [0, 0.1) is 22.7 Å². The molecule has 0 spiro atoms. The molecule has 96 valence electrons. The third kappa shape index (κ3) is 3.87. The van der Waals surface area contributed by atoms with Crippen molar-refractivity contribution in [3.05, 3.63) is 0 Å². The van der Waals surface area contributed by atoms with E-state index in [2.05, 4.69) is 41.5 Å². The van der Waals surface area contributed by atoms with Crippen molar-refractivity contribution in [2.24, 2.45) is 22.7 Å². The second-order valence-corrected chi connectivity index (χ2v) is 9.02. The molecule has 1 fully saturated rings. The maximum Gasteiger partial charge on any atom is 0.0268 e. The molecule has 1 aliphatic rings. The topological polar surface area (TPSA) is 17.1 Å². The first-order valence-corrected chi connectivity index (χ1v) is 7.94. The largest absolute Gasteiger partial charge is 0.260 e. The summed E-state index contributed by atoms with van der Waals surface area (Å²) in [4.78, 5) is 0. The van der Waals surface area contributed by atoms with E-state index in [1.807, 2.05) is 0 Å². The fourth-order valence-corrected chi connectivity index (χ4v) is 4.82. The minimum absolute atomic E-state index is 0.308. The minimum atomic E-state index is -0.611. The van der Waals surface area contributed by atoms with Gasteiger partial charge in [-0.2, -0.15) is 0 Å². The molecule has 2 heteroatoms. The van der Waals surface area contributed by atoms with Crippen LogP contribution >= 0.6 is 0 Å². The van der Waals surface area contributed by atoms with Gasteiger partial charge in [-0.3, -0.25) is 4.21 Å². The summed E-state index contributed by atoms with van der Waals surface area (Å²) >= 11 is 0. The standard InChI is InChI=1S/C14H28OS/c1-13(2,3)11-7-8-12(14(4,5)6)10-16(15)9-11/h11-12H,7-10H2,1-6H3. The zero-order valence-corrected chi connectivity index (χ0v) is 12.6. The molecule has 0 aromatic heterocycles. The normalized spacial score (nSPS) is 33.5. The van der Waals surface area contributed by atoms with E-state index in [9.17, 15) is 4.21 Å². The van der Waals surface area contributed by atoms with Gasteiger partial charge in [-0.05, 0) is 35.5 Å². The Morgan fingerprint density at radius 1 is 0.812 bits per heavy atom. The monoisotopic (exact) mass is 244 g/mol. The van der Waals surface area contributed by atoms with Gasteiger partial charge in [-0.1, -0.05) is 41.5 Å². The van der Waals surface area contributed by atoms with E-state index in [-0.39, 0.29) is 0 Å². The molecule has 1 aliphatic heterocycles. The molecule has 0 aliphatic carbocycles. The van der Waals surface area contributed by atoms with Gasteiger partial charge in [0.2, 0.25) is 0 Å². The average molecular weight is 244 g/mol. The Hall–Kier alpha value is 0.150. The minimum Gasteiger partial charge on any atom is -0.260 e. The Bertz CT molecular complexity index is 231. The molecular weight excluding hydrogens is 216 g/mol. The van der Waals surface area contributed by atoms with Crippen LogP contribution in [0.1, 0.15) is 54.4 Å². The summed E-state index contributed by atoms with van der Waals surface area (Å²) in [6.07, 6.45) is 2.49. The maximum absolute atomic E-state index is 12.1. The first-order valence-electron chi connectivity index (χ1n) is 6.45. The van der Waals surface area contributed by atoms with Gasteiger partial charge >= 0.3 is 0 Å². The van der Waals surface area contributed by atoms with Crippen molar-refractivity contribution < 1.29 is 4.21 Å². The maximum atomic E-state index is 12.1. The van der Waals surface area contributed by atoms with Gasteiger partial charge in [0, 0.05) is 22.3 Å². The Morgan fingerprint density at radius 2 is 1.12 bits per heavy atom. The van der Waals surface area contributed by atoms with Gasteiger partial charge < -0.3 is 0 Å². The van der Waals surface area contributed by atoms with E-state index < -0.39 is 10.8 Å². The Balaban J connectivity index is 2.74. The molecule has 0 bridgehead atoms. The van der Waals surface area contributed by atoms with E-state index in [0.717, 1.165) is 11.5 Å². The van der Waals surface area contributed by atoms with Gasteiger partial charge in [0.1, 0.15) is 0 Å². The van der Waals surface area contributed by atoms with Crippen molar-refractivity contribution in [1.29, 1.82) is 0 Å². The highest BCUT2D eigenvalue weighted by Crippen LogP contribution is 2.39. The highest BCUT2D eigenvalue weighted by atomic mass is 32.2. The summed E-state index contributed by atoms with van der Waals surface area (Å²) in [6, 6.07) is 0. The van der Waals surface area contributed by atoms with Crippen LogP contribution in [0.15, 0.2) is 0 Å². The Kier molecular flexibility index (Phi) is 4.26. The zero-order valence-electron chi connectivity index (χ0n) is 11.8. The average Bonchev–Trinajstić information content (AvgIpc) is 2.24. The predicted octanol–water partition coefficient (Wildman–Crippen LogP) is 3.85. The molecule has 0 amide bonds. The lowest BCUT2D eigenvalue weighted by Crippen LogP contribution is -2.25. The van der Waals surface area contributed by atoms with Gasteiger partial charge in [0.25, 0.3) is 0 Å². The molecule has 0 aromatic carbocycles. The Labute approximate surface area is 104 Å². The summed E-state index contributed by atoms with van der Waals surface area (Å²) in [6.45, 7) is 13.7. The van der Waals surface area contributed by atoms with Crippen LogP contribution in [-0.4, -0.2) is 15.7 Å². The van der Waals surface area contributed by atoms with E-state index in [1.54, 1.807) is 0 Å². The summed E-state index contributed by atoms with van der Waals surface area (Å²) in [5.41, 5.74) is 0.616. The number of hydrogen-bond acceptors (Lipinski definition) is 1. The van der Waals surface area contributed by atoms with Crippen LogP contribution in [0.3, 0.4) is 0 Å². The summed E-state index contributed by atoms with van der Waals surface area (Å²) in [7, 11) is -0.611. The molecule has 0 saturated carbocycles. The molecule has 1 saturated heterocycles. The smallest absolute Gasteiger partial charge is 0.0268 e. The molecule has 1 heterocycles. The van der Waals surface area contributed by atoms with Crippen LogP contribution in [0.25, 0.3) is 0 Å². The van der Waals surface area contributed by atoms with Crippen LogP contribution in [-0.2, 0) is 10.8 Å². The molecule has 1 rings (SSSR count). The van der Waals surface area contributed by atoms with Crippen molar-refractivity contribution in [2.75, 3.05) is 11.5 Å². The first-order chi connectivity index (χ1) is 7.10. The van der Waals surface area contributed by atoms with Crippen molar-refractivity contribution >= 4 is 10.8 Å². The summed E-state index contributed by atoms with van der Waals surface area (Å²) < 4.78 is 12.1. The molecule has 1 nitrogen and oxygen atoms in total. The fourth-order valence-electron chi connectivity index (χ4n) is 2.45. The highest BCUT2D eigenvalue weighted by molar-refractivity contribution is 7.85. The second kappa shape index (κ2) is 4.80. The van der Waals surface area contributed by atoms with Gasteiger partial charge in [-0.25, -0.2) is 0 Å². The van der Waals surface area contributed by atoms with E-state index in [4.69, 9.17) is 0 Å². The number of rotatable bonds is 0. The van der Waals surface area contributed by atoms with Crippen molar-refractivity contribution in [3.8, 4) is 0 Å². The van der Waals surface area contributed by atoms with Crippen molar-refractivity contribution in [1.82, 2.24) is 0 Å². The van der Waals surface area contributed by atoms with Crippen LogP contribution in [0.2, 0.25) is 0 Å². The highest BCUT2D eigenvalue weighted by Gasteiger charge is 2.34. The molecule has 0 radical (unpaired) electrons. The number of hydrogen-bond donors (Lipinski definition) is 0. The lowest BCUT2D eigenvalue weighted by Gasteiger charge is -2.31. The van der Waals surface area contributed by atoms with Crippen LogP contribution in [0.4, 0.5) is 0 Å². The quantitative estimate of drug-likeness (QED) is 0.632. The van der Waals surface area contributed by atoms with E-state index in [0.29, 0.717) is 22.7 Å². The predicted molar refractivity (Wildman–Crippen MR) is 73.0 cm³/mol. The molecule has 2 atom stereocenters. The van der Waals surface area contributed by atoms with Crippen molar-refractivity contribution in [2.45, 2.75) is 54.4 Å². The zero-order chi connectivity index (χ0) is 12.6. The molecular formula is C14H28OS. The van der Waals surface area contributed by atoms with Gasteiger partial charge in [-0.15, -0.1) is 0 Å². The first kappa shape index (κ1) is 14.2. The van der Waals surface area contributed by atoms with Crippen LogP contribution in [0.5, 0.6) is 0 Å². The van der Waals surface area contributed by atoms with Gasteiger partial charge in [0.15, 0.2) is 0 Å². The lowest BCUT2D eigenvalue weighted by molar-refractivity contribution is 0.201. The molecule has 16 heavy (non-hydrogen) atoms. The van der Waals surface area contributed by atoms with Gasteiger partial charge in [0.05, 0.1) is 0 Å². The summed E-state index contributed by atoms with van der Waals surface area (Å²) in [5.74, 6) is 3.08. The lowest BCUT2D eigenvalue weighted by atomic mass is 9.74. The fraction of sp³-hybridized carbons (Fsp3) is 1.00. The van der Waals surface area contributed by atoms with E-state index in [1.165, 1.54) is 12.8 Å². The molecule has 0 aromatic rings. The molecule has 2 unspecified atom stereocenters. The van der Waals surface area contributed by atoms with Crippen LogP contribution < -0.4 is 0 Å². The van der Waals surface area contributed by atoms with Crippen molar-refractivity contribution in [3.63, 3.8) is 0 Å². The Morgan fingerprint density at radius 3 is 1.38 bits per heavy atom. The third-order valence-electron chi connectivity index (χ3n) is 4.09. The molecule has 0 N–H and O–H groups in total. The third-order valence-corrected chi connectivity index (χ3v) is 5.64. The SMILES string of the molecule is CC(C)(C)C1CCC(C(C)(C)C)CS(=O)C1. The second-order valence-electron chi connectivity index (χ2n) is 7.48. The van der Waals surface area contributed by atoms with E-state index >= 15 is 0 Å². The summed E-state index contributed by atoms with van der Waals surface area (Å²) in [5, 5.41) is 0.